The fraction of sp³-hybridized carbons (Fsp3) is 0.0741. The predicted octanol–water partition coefficient (Wildman–Crippen LogP) is 5.34. The molecule has 0 aliphatic heterocycles. The molecule has 0 saturated heterocycles. The Kier molecular flexibility index (Phi) is 5.00. The van der Waals surface area contributed by atoms with Gasteiger partial charge in [-0.1, -0.05) is 54.6 Å². The summed E-state index contributed by atoms with van der Waals surface area (Å²) in [7, 11) is 0. The highest BCUT2D eigenvalue weighted by atomic mass is 15.1. The van der Waals surface area contributed by atoms with E-state index in [9.17, 15) is 5.26 Å². The highest BCUT2D eigenvalue weighted by molar-refractivity contribution is 5.97. The standard InChI is InChI=1S/C27H19N5/c28-12-20-8-10-21(11-9-20)15-32-19-30-14-24(32)17-31-16-23(13-29)27(18-31)26-7-3-5-22-4-1-2-6-25(22)26/h1-11,14,16,18-19H,15,17H2. The predicted molar refractivity (Wildman–Crippen MR) is 124 cm³/mol. The minimum Gasteiger partial charge on any atom is -0.346 e. The summed E-state index contributed by atoms with van der Waals surface area (Å²) in [5.74, 6) is 0. The molecule has 0 fully saturated rings. The second kappa shape index (κ2) is 8.26. The summed E-state index contributed by atoms with van der Waals surface area (Å²) in [5, 5.41) is 21.1. The molecule has 32 heavy (non-hydrogen) atoms. The lowest BCUT2D eigenvalue weighted by atomic mass is 9.98. The van der Waals surface area contributed by atoms with Crippen molar-refractivity contribution in [1.29, 1.82) is 10.5 Å². The SMILES string of the molecule is N#Cc1ccc(Cn2cncc2Cn2cc(C#N)c(-c3cccc4ccccc34)c2)cc1. The first-order valence-corrected chi connectivity index (χ1v) is 10.3. The van der Waals surface area contributed by atoms with Crippen LogP contribution in [0.5, 0.6) is 0 Å². The van der Waals surface area contributed by atoms with Crippen LogP contribution in [0.2, 0.25) is 0 Å². The molecule has 3 aromatic carbocycles. The molecule has 152 valence electrons. The van der Waals surface area contributed by atoms with Gasteiger partial charge in [-0.05, 0) is 34.0 Å². The maximum Gasteiger partial charge on any atom is 0.101 e. The molecule has 0 N–H and O–H groups in total. The first kappa shape index (κ1) is 19.4. The van der Waals surface area contributed by atoms with Gasteiger partial charge in [0.25, 0.3) is 0 Å². The van der Waals surface area contributed by atoms with Gasteiger partial charge in [-0.25, -0.2) is 4.98 Å². The van der Waals surface area contributed by atoms with Crippen LogP contribution in [0.15, 0.2) is 91.6 Å². The van der Waals surface area contributed by atoms with Crippen molar-refractivity contribution in [2.24, 2.45) is 0 Å². The van der Waals surface area contributed by atoms with Crippen molar-refractivity contribution in [3.05, 3.63) is 114 Å². The van der Waals surface area contributed by atoms with Gasteiger partial charge in [0.15, 0.2) is 0 Å². The Morgan fingerprint density at radius 2 is 1.59 bits per heavy atom. The zero-order valence-electron chi connectivity index (χ0n) is 17.3. The lowest BCUT2D eigenvalue weighted by Gasteiger charge is -2.09. The van der Waals surface area contributed by atoms with E-state index in [-0.39, 0.29) is 0 Å². The molecule has 0 atom stereocenters. The first-order chi connectivity index (χ1) is 15.7. The molecule has 0 unspecified atom stereocenters. The number of benzene rings is 3. The molecule has 0 bridgehead atoms. The van der Waals surface area contributed by atoms with Crippen molar-refractivity contribution in [3.63, 3.8) is 0 Å². The van der Waals surface area contributed by atoms with Crippen LogP contribution in [0.25, 0.3) is 21.9 Å². The summed E-state index contributed by atoms with van der Waals surface area (Å²) in [4.78, 5) is 4.33. The number of rotatable bonds is 5. The van der Waals surface area contributed by atoms with Crippen LogP contribution >= 0.6 is 0 Å². The number of hydrogen-bond donors (Lipinski definition) is 0. The van der Waals surface area contributed by atoms with Gasteiger partial charge in [0.05, 0.1) is 35.8 Å². The average molecular weight is 413 g/mol. The molecule has 0 aliphatic carbocycles. The number of imidazole rings is 1. The van der Waals surface area contributed by atoms with Crippen LogP contribution in [0, 0.1) is 22.7 Å². The Labute approximate surface area is 186 Å². The number of fused-ring (bicyclic) bond motifs is 1. The van der Waals surface area contributed by atoms with E-state index in [0.29, 0.717) is 24.2 Å². The van der Waals surface area contributed by atoms with Crippen molar-refractivity contribution in [1.82, 2.24) is 14.1 Å². The van der Waals surface area contributed by atoms with Crippen molar-refractivity contribution in [3.8, 4) is 23.3 Å². The Morgan fingerprint density at radius 1 is 0.781 bits per heavy atom. The number of hydrogen-bond acceptors (Lipinski definition) is 3. The topological polar surface area (TPSA) is 70.3 Å². The van der Waals surface area contributed by atoms with Crippen molar-refractivity contribution < 1.29 is 0 Å². The van der Waals surface area contributed by atoms with Gasteiger partial charge in [0, 0.05) is 30.7 Å². The van der Waals surface area contributed by atoms with Crippen LogP contribution in [0.1, 0.15) is 22.4 Å². The van der Waals surface area contributed by atoms with Gasteiger partial charge in [-0.2, -0.15) is 10.5 Å². The Bertz CT molecular complexity index is 1480. The quantitative estimate of drug-likeness (QED) is 0.390. The summed E-state index contributed by atoms with van der Waals surface area (Å²) in [6.45, 7) is 1.28. The van der Waals surface area contributed by atoms with E-state index in [4.69, 9.17) is 5.26 Å². The molecule has 0 saturated carbocycles. The van der Waals surface area contributed by atoms with E-state index in [0.717, 1.165) is 33.2 Å². The van der Waals surface area contributed by atoms with Gasteiger partial charge in [-0.3, -0.25) is 0 Å². The number of aromatic nitrogens is 3. The van der Waals surface area contributed by atoms with Gasteiger partial charge in [0.1, 0.15) is 6.07 Å². The Balaban J connectivity index is 1.45. The monoisotopic (exact) mass is 413 g/mol. The van der Waals surface area contributed by atoms with Crippen molar-refractivity contribution in [2.45, 2.75) is 13.1 Å². The second-order valence-corrected chi connectivity index (χ2v) is 7.72. The van der Waals surface area contributed by atoms with Crippen LogP contribution in [0.3, 0.4) is 0 Å². The normalized spacial score (nSPS) is 10.7. The largest absolute Gasteiger partial charge is 0.346 e. The van der Waals surface area contributed by atoms with E-state index in [1.807, 2.05) is 71.9 Å². The van der Waals surface area contributed by atoms with E-state index in [2.05, 4.69) is 46.0 Å². The molecular formula is C27H19N5. The summed E-state index contributed by atoms with van der Waals surface area (Å²) in [6, 6.07) is 26.5. The minimum absolute atomic E-state index is 0.607. The van der Waals surface area contributed by atoms with Gasteiger partial charge >= 0.3 is 0 Å². The van der Waals surface area contributed by atoms with Gasteiger partial charge in [-0.15, -0.1) is 0 Å². The molecule has 0 radical (unpaired) electrons. The highest BCUT2D eigenvalue weighted by Crippen LogP contribution is 2.31. The van der Waals surface area contributed by atoms with E-state index in [1.165, 1.54) is 0 Å². The molecule has 5 nitrogen and oxygen atoms in total. The van der Waals surface area contributed by atoms with Crippen molar-refractivity contribution >= 4 is 10.8 Å². The zero-order chi connectivity index (χ0) is 21.9. The van der Waals surface area contributed by atoms with Crippen LogP contribution < -0.4 is 0 Å². The molecule has 0 aliphatic rings. The molecule has 5 aromatic rings. The Morgan fingerprint density at radius 3 is 2.41 bits per heavy atom. The third kappa shape index (κ3) is 3.64. The fourth-order valence-corrected chi connectivity index (χ4v) is 4.05. The van der Waals surface area contributed by atoms with Crippen LogP contribution in [0.4, 0.5) is 0 Å². The van der Waals surface area contributed by atoms with E-state index < -0.39 is 0 Å². The number of nitrogens with zero attached hydrogens (tertiary/aromatic N) is 5. The molecule has 0 spiro atoms. The smallest absolute Gasteiger partial charge is 0.101 e. The fourth-order valence-electron chi connectivity index (χ4n) is 4.05. The third-order valence-electron chi connectivity index (χ3n) is 5.66. The Hall–Kier alpha value is -4.61. The summed E-state index contributed by atoms with van der Waals surface area (Å²) in [6.07, 6.45) is 7.61. The lowest BCUT2D eigenvalue weighted by molar-refractivity contribution is 0.688. The molecule has 2 aromatic heterocycles. The molecule has 5 rings (SSSR count). The van der Waals surface area contributed by atoms with E-state index >= 15 is 0 Å². The second-order valence-electron chi connectivity index (χ2n) is 7.72. The maximum atomic E-state index is 9.78. The molecule has 0 amide bonds. The summed E-state index contributed by atoms with van der Waals surface area (Å²) < 4.78 is 4.13. The molecule has 2 heterocycles. The van der Waals surface area contributed by atoms with Crippen LogP contribution in [-0.4, -0.2) is 14.1 Å². The molecule has 5 heteroatoms. The summed E-state index contributed by atoms with van der Waals surface area (Å²) >= 11 is 0. The highest BCUT2D eigenvalue weighted by Gasteiger charge is 2.13. The third-order valence-corrected chi connectivity index (χ3v) is 5.66. The average Bonchev–Trinajstić information content (AvgIpc) is 3.46. The number of nitriles is 2. The van der Waals surface area contributed by atoms with Crippen molar-refractivity contribution in [2.75, 3.05) is 0 Å². The first-order valence-electron chi connectivity index (χ1n) is 10.3. The lowest BCUT2D eigenvalue weighted by Crippen LogP contribution is -2.07. The minimum atomic E-state index is 0.607. The molecular weight excluding hydrogens is 394 g/mol. The van der Waals surface area contributed by atoms with Crippen LogP contribution in [-0.2, 0) is 13.1 Å². The maximum absolute atomic E-state index is 9.78. The van der Waals surface area contributed by atoms with Gasteiger partial charge < -0.3 is 9.13 Å². The zero-order valence-corrected chi connectivity index (χ0v) is 17.3. The van der Waals surface area contributed by atoms with E-state index in [1.54, 1.807) is 0 Å². The summed E-state index contributed by atoms with van der Waals surface area (Å²) in [5.41, 5.74) is 5.44. The van der Waals surface area contributed by atoms with Gasteiger partial charge in [0.2, 0.25) is 0 Å².